The molecule has 0 spiro atoms. The summed E-state index contributed by atoms with van der Waals surface area (Å²) in [6.45, 7) is 5.56. The van der Waals surface area contributed by atoms with E-state index in [0.717, 1.165) is 5.56 Å². The maximum atomic E-state index is 11.8. The number of ether oxygens (including phenoxy) is 2. The second-order valence-corrected chi connectivity index (χ2v) is 6.09. The zero-order valence-corrected chi connectivity index (χ0v) is 14.7. The van der Waals surface area contributed by atoms with Crippen LogP contribution in [-0.2, 0) is 14.3 Å². The fraction of sp³-hybridized carbons (Fsp3) is 0.300. The van der Waals surface area contributed by atoms with Gasteiger partial charge in [-0.2, -0.15) is 0 Å². The van der Waals surface area contributed by atoms with Crippen LogP contribution in [0.25, 0.3) is 0 Å². The van der Waals surface area contributed by atoms with Crippen molar-refractivity contribution in [3.8, 4) is 5.75 Å². The summed E-state index contributed by atoms with van der Waals surface area (Å²) in [5, 5.41) is 2.67. The molecule has 0 heterocycles. The van der Waals surface area contributed by atoms with Gasteiger partial charge in [0.1, 0.15) is 5.75 Å². The smallest absolute Gasteiger partial charge is 0.344 e. The Morgan fingerprint density at radius 1 is 1.04 bits per heavy atom. The zero-order valence-electron chi connectivity index (χ0n) is 14.7. The van der Waals surface area contributed by atoms with Gasteiger partial charge in [0.25, 0.3) is 5.91 Å². The van der Waals surface area contributed by atoms with Crippen LogP contribution in [0, 0.1) is 6.92 Å². The van der Waals surface area contributed by atoms with Crippen LogP contribution in [0.1, 0.15) is 30.9 Å². The van der Waals surface area contributed by atoms with E-state index < -0.39 is 5.97 Å². The second kappa shape index (κ2) is 8.87. The van der Waals surface area contributed by atoms with E-state index in [-0.39, 0.29) is 19.1 Å². The number of anilines is 1. The molecule has 0 fully saturated rings. The lowest BCUT2D eigenvalue weighted by Crippen LogP contribution is -2.23. The Morgan fingerprint density at radius 2 is 1.76 bits per heavy atom. The Bertz CT molecular complexity index is 723. The molecule has 1 amide bonds. The molecule has 0 saturated heterocycles. The van der Waals surface area contributed by atoms with Crippen molar-refractivity contribution in [3.63, 3.8) is 0 Å². The molecule has 5 heteroatoms. The highest BCUT2D eigenvalue weighted by Gasteiger charge is 2.09. The Hall–Kier alpha value is -2.82. The summed E-state index contributed by atoms with van der Waals surface area (Å²) >= 11 is 0. The number of rotatable bonds is 7. The van der Waals surface area contributed by atoms with E-state index in [1.165, 1.54) is 5.56 Å². The molecule has 2 aromatic carbocycles. The number of benzene rings is 2. The Balaban J connectivity index is 1.72. The fourth-order valence-electron chi connectivity index (χ4n) is 2.20. The van der Waals surface area contributed by atoms with Crippen molar-refractivity contribution in [2.75, 3.05) is 18.5 Å². The molecule has 0 bridgehead atoms. The molecule has 5 nitrogen and oxygen atoms in total. The predicted molar refractivity (Wildman–Crippen MR) is 96.8 cm³/mol. The first-order valence-electron chi connectivity index (χ1n) is 8.19. The van der Waals surface area contributed by atoms with Gasteiger partial charge in [-0.25, -0.2) is 4.79 Å². The van der Waals surface area contributed by atoms with E-state index in [1.807, 2.05) is 49.4 Å². The highest BCUT2D eigenvalue weighted by Crippen LogP contribution is 2.18. The summed E-state index contributed by atoms with van der Waals surface area (Å²) < 4.78 is 10.3. The van der Waals surface area contributed by atoms with Gasteiger partial charge in [-0.15, -0.1) is 0 Å². The van der Waals surface area contributed by atoms with Crippen LogP contribution in [0.3, 0.4) is 0 Å². The highest BCUT2D eigenvalue weighted by atomic mass is 16.6. The van der Waals surface area contributed by atoms with Crippen LogP contribution < -0.4 is 10.1 Å². The normalized spacial score (nSPS) is 10.4. The van der Waals surface area contributed by atoms with E-state index in [4.69, 9.17) is 9.47 Å². The van der Waals surface area contributed by atoms with Crippen molar-refractivity contribution in [1.82, 2.24) is 0 Å². The molecule has 1 N–H and O–H groups in total. The van der Waals surface area contributed by atoms with Crippen molar-refractivity contribution in [3.05, 3.63) is 59.7 Å². The summed E-state index contributed by atoms with van der Waals surface area (Å²) in [4.78, 5) is 23.4. The lowest BCUT2D eigenvalue weighted by atomic mass is 10.0. The fourth-order valence-corrected chi connectivity index (χ4v) is 2.20. The van der Waals surface area contributed by atoms with Gasteiger partial charge in [-0.05, 0) is 48.2 Å². The average molecular weight is 341 g/mol. The molecule has 25 heavy (non-hydrogen) atoms. The van der Waals surface area contributed by atoms with Crippen LogP contribution in [0.2, 0.25) is 0 Å². The topological polar surface area (TPSA) is 64.6 Å². The molecule has 0 radical (unpaired) electrons. The first kappa shape index (κ1) is 18.5. The number of carbonyl (C=O) groups is 2. The number of hydrogen-bond donors (Lipinski definition) is 1. The summed E-state index contributed by atoms with van der Waals surface area (Å²) in [5.41, 5.74) is 2.90. The number of hydrogen-bond acceptors (Lipinski definition) is 4. The van der Waals surface area contributed by atoms with Gasteiger partial charge in [0.2, 0.25) is 0 Å². The lowest BCUT2D eigenvalue weighted by Gasteiger charge is -2.09. The second-order valence-electron chi connectivity index (χ2n) is 6.09. The van der Waals surface area contributed by atoms with Gasteiger partial charge in [0.05, 0.1) is 0 Å². The third-order valence-corrected chi connectivity index (χ3v) is 3.57. The van der Waals surface area contributed by atoms with Crippen LogP contribution >= 0.6 is 0 Å². The number of nitrogens with one attached hydrogen (secondary N) is 1. The van der Waals surface area contributed by atoms with E-state index in [2.05, 4.69) is 19.2 Å². The van der Waals surface area contributed by atoms with E-state index in [0.29, 0.717) is 17.4 Å². The van der Waals surface area contributed by atoms with Crippen molar-refractivity contribution in [2.45, 2.75) is 26.7 Å². The van der Waals surface area contributed by atoms with Crippen LogP contribution in [-0.4, -0.2) is 25.1 Å². The predicted octanol–water partition coefficient (Wildman–Crippen LogP) is 3.68. The molecule has 0 aliphatic rings. The number of aryl methyl sites for hydroxylation is 1. The quantitative estimate of drug-likeness (QED) is 0.780. The number of carbonyl (C=O) groups excluding carboxylic acids is 2. The van der Waals surface area contributed by atoms with Gasteiger partial charge in [-0.1, -0.05) is 38.1 Å². The number of amides is 1. The largest absolute Gasteiger partial charge is 0.482 e. The molecule has 0 atom stereocenters. The zero-order chi connectivity index (χ0) is 18.2. The van der Waals surface area contributed by atoms with E-state index in [9.17, 15) is 9.59 Å². The van der Waals surface area contributed by atoms with Crippen LogP contribution in [0.5, 0.6) is 5.75 Å². The maximum absolute atomic E-state index is 11.8. The van der Waals surface area contributed by atoms with Crippen molar-refractivity contribution in [2.24, 2.45) is 0 Å². The Kier molecular flexibility index (Phi) is 6.57. The lowest BCUT2D eigenvalue weighted by molar-refractivity contribution is -0.149. The third kappa shape index (κ3) is 6.30. The van der Waals surface area contributed by atoms with Gasteiger partial charge in [0.15, 0.2) is 13.2 Å². The molecule has 0 aliphatic carbocycles. The molecule has 132 valence electrons. The van der Waals surface area contributed by atoms with Crippen LogP contribution in [0.15, 0.2) is 48.5 Å². The summed E-state index contributed by atoms with van der Waals surface area (Å²) in [5.74, 6) is 0.0454. The molecular weight excluding hydrogens is 318 g/mol. The molecular formula is C20H23NO4. The van der Waals surface area contributed by atoms with Crippen molar-refractivity contribution >= 4 is 17.6 Å². The van der Waals surface area contributed by atoms with E-state index in [1.54, 1.807) is 6.07 Å². The maximum Gasteiger partial charge on any atom is 0.344 e. The van der Waals surface area contributed by atoms with Gasteiger partial charge >= 0.3 is 5.97 Å². The molecule has 0 aromatic heterocycles. The van der Waals surface area contributed by atoms with Gasteiger partial charge in [0, 0.05) is 5.69 Å². The highest BCUT2D eigenvalue weighted by molar-refractivity contribution is 5.92. The summed E-state index contributed by atoms with van der Waals surface area (Å²) in [6.07, 6.45) is 0. The Labute approximate surface area is 148 Å². The minimum Gasteiger partial charge on any atom is -0.482 e. The van der Waals surface area contributed by atoms with Gasteiger partial charge < -0.3 is 14.8 Å². The van der Waals surface area contributed by atoms with Crippen molar-refractivity contribution < 1.29 is 19.1 Å². The molecule has 0 saturated carbocycles. The number of esters is 1. The van der Waals surface area contributed by atoms with Crippen LogP contribution in [0.4, 0.5) is 5.69 Å². The minimum atomic E-state index is -0.590. The monoisotopic (exact) mass is 341 g/mol. The minimum absolute atomic E-state index is 0.237. The molecule has 2 aromatic rings. The SMILES string of the molecule is Cc1cccc(NC(=O)COC(=O)COc2ccc(C(C)C)cc2)c1. The first-order chi connectivity index (χ1) is 11.9. The first-order valence-corrected chi connectivity index (χ1v) is 8.19. The molecule has 0 unspecified atom stereocenters. The molecule has 2 rings (SSSR count). The van der Waals surface area contributed by atoms with Gasteiger partial charge in [-0.3, -0.25) is 4.79 Å². The average Bonchev–Trinajstić information content (AvgIpc) is 2.58. The summed E-state index contributed by atoms with van der Waals surface area (Å²) in [7, 11) is 0. The summed E-state index contributed by atoms with van der Waals surface area (Å²) in [6, 6.07) is 14.9. The van der Waals surface area contributed by atoms with Crippen molar-refractivity contribution in [1.29, 1.82) is 0 Å². The third-order valence-electron chi connectivity index (χ3n) is 3.57. The Morgan fingerprint density at radius 3 is 2.40 bits per heavy atom. The standard InChI is InChI=1S/C20H23NO4/c1-14(2)16-7-9-18(10-8-16)24-13-20(23)25-12-19(22)21-17-6-4-5-15(3)11-17/h4-11,14H,12-13H2,1-3H3,(H,21,22). The molecule has 0 aliphatic heterocycles. The van der Waals surface area contributed by atoms with E-state index >= 15 is 0 Å².